The summed E-state index contributed by atoms with van der Waals surface area (Å²) in [5.74, 6) is 0. The Morgan fingerprint density at radius 1 is 1.05 bits per heavy atom. The van der Waals surface area contributed by atoms with Gasteiger partial charge in [-0.25, -0.2) is 0 Å². The topological polar surface area (TPSA) is 38.0 Å². The highest BCUT2D eigenvalue weighted by Gasteiger charge is 2.26. The Morgan fingerprint density at radius 3 is 2.43 bits per heavy atom. The van der Waals surface area contributed by atoms with Crippen molar-refractivity contribution in [3.63, 3.8) is 0 Å². The zero-order valence-electron chi connectivity index (χ0n) is 13.0. The molecule has 0 aliphatic heterocycles. The van der Waals surface area contributed by atoms with Gasteiger partial charge in [0.25, 0.3) is 0 Å². The Morgan fingerprint density at radius 2 is 1.71 bits per heavy atom. The van der Waals surface area contributed by atoms with Crippen LogP contribution in [0.5, 0.6) is 0 Å². The molecule has 0 spiro atoms. The van der Waals surface area contributed by atoms with Crippen molar-refractivity contribution in [1.29, 1.82) is 0 Å². The lowest BCUT2D eigenvalue weighted by Gasteiger charge is -2.33. The van der Waals surface area contributed by atoms with Gasteiger partial charge in [-0.2, -0.15) is 0 Å². The molecule has 1 aliphatic carbocycles. The SMILES string of the molecule is CC1(CNCc2cc3ccccc3cc2N)CCCCC1. The minimum absolute atomic E-state index is 0.476. The van der Waals surface area contributed by atoms with Crippen molar-refractivity contribution in [2.75, 3.05) is 12.3 Å². The zero-order chi connectivity index (χ0) is 14.7. The lowest BCUT2D eigenvalue weighted by atomic mass is 9.76. The fourth-order valence-corrected chi connectivity index (χ4v) is 3.54. The summed E-state index contributed by atoms with van der Waals surface area (Å²) in [6.07, 6.45) is 6.89. The van der Waals surface area contributed by atoms with Crippen LogP contribution >= 0.6 is 0 Å². The highest BCUT2D eigenvalue weighted by Crippen LogP contribution is 2.35. The molecule has 2 heteroatoms. The molecule has 1 saturated carbocycles. The quantitative estimate of drug-likeness (QED) is 0.811. The van der Waals surface area contributed by atoms with Crippen molar-refractivity contribution in [2.45, 2.75) is 45.6 Å². The van der Waals surface area contributed by atoms with E-state index in [9.17, 15) is 0 Å². The smallest absolute Gasteiger partial charge is 0.0366 e. The van der Waals surface area contributed by atoms with Crippen LogP contribution in [0.2, 0.25) is 0 Å². The van der Waals surface area contributed by atoms with Gasteiger partial charge in [0.15, 0.2) is 0 Å². The first kappa shape index (κ1) is 14.4. The van der Waals surface area contributed by atoms with Gasteiger partial charge in [0.2, 0.25) is 0 Å². The van der Waals surface area contributed by atoms with Gasteiger partial charge in [0, 0.05) is 18.8 Å². The van der Waals surface area contributed by atoms with Gasteiger partial charge < -0.3 is 11.1 Å². The molecule has 1 fully saturated rings. The molecule has 0 aromatic heterocycles. The van der Waals surface area contributed by atoms with Gasteiger partial charge in [0.1, 0.15) is 0 Å². The van der Waals surface area contributed by atoms with E-state index in [-0.39, 0.29) is 0 Å². The van der Waals surface area contributed by atoms with Gasteiger partial charge in [-0.15, -0.1) is 0 Å². The lowest BCUT2D eigenvalue weighted by molar-refractivity contribution is 0.207. The summed E-state index contributed by atoms with van der Waals surface area (Å²) in [6, 6.07) is 12.7. The predicted molar refractivity (Wildman–Crippen MR) is 91.3 cm³/mol. The molecule has 0 heterocycles. The largest absolute Gasteiger partial charge is 0.398 e. The monoisotopic (exact) mass is 282 g/mol. The van der Waals surface area contributed by atoms with Crippen molar-refractivity contribution in [3.8, 4) is 0 Å². The molecule has 1 aliphatic rings. The fourth-order valence-electron chi connectivity index (χ4n) is 3.54. The number of benzene rings is 2. The molecule has 3 N–H and O–H groups in total. The average Bonchev–Trinajstić information content (AvgIpc) is 2.48. The van der Waals surface area contributed by atoms with E-state index in [0.29, 0.717) is 5.41 Å². The van der Waals surface area contributed by atoms with E-state index < -0.39 is 0 Å². The Kier molecular flexibility index (Phi) is 4.16. The first-order chi connectivity index (χ1) is 10.2. The minimum atomic E-state index is 0.476. The highest BCUT2D eigenvalue weighted by molar-refractivity contribution is 5.86. The maximum atomic E-state index is 6.20. The van der Waals surface area contributed by atoms with E-state index in [0.717, 1.165) is 18.8 Å². The van der Waals surface area contributed by atoms with Crippen molar-refractivity contribution in [1.82, 2.24) is 5.32 Å². The van der Waals surface area contributed by atoms with Crippen LogP contribution in [0, 0.1) is 5.41 Å². The number of hydrogen-bond acceptors (Lipinski definition) is 2. The number of nitrogen functional groups attached to an aromatic ring is 1. The van der Waals surface area contributed by atoms with E-state index in [1.807, 2.05) is 0 Å². The molecule has 3 rings (SSSR count). The Labute approximate surface area is 127 Å². The van der Waals surface area contributed by atoms with Crippen LogP contribution in [0.4, 0.5) is 5.69 Å². The zero-order valence-corrected chi connectivity index (χ0v) is 13.0. The number of hydrogen-bond donors (Lipinski definition) is 2. The van der Waals surface area contributed by atoms with Crippen LogP contribution in [0.1, 0.15) is 44.6 Å². The van der Waals surface area contributed by atoms with Crippen LogP contribution in [0.15, 0.2) is 36.4 Å². The van der Waals surface area contributed by atoms with Crippen LogP contribution in [-0.2, 0) is 6.54 Å². The molecule has 2 nitrogen and oxygen atoms in total. The summed E-state index contributed by atoms with van der Waals surface area (Å²) >= 11 is 0. The van der Waals surface area contributed by atoms with Gasteiger partial charge in [-0.05, 0) is 46.7 Å². The summed E-state index contributed by atoms with van der Waals surface area (Å²) < 4.78 is 0. The van der Waals surface area contributed by atoms with Crippen LogP contribution < -0.4 is 11.1 Å². The number of fused-ring (bicyclic) bond motifs is 1. The van der Waals surface area contributed by atoms with Crippen molar-refractivity contribution in [3.05, 3.63) is 42.0 Å². The van der Waals surface area contributed by atoms with Crippen LogP contribution in [-0.4, -0.2) is 6.54 Å². The molecule has 0 radical (unpaired) electrons. The Bertz CT molecular complexity index is 612. The summed E-state index contributed by atoms with van der Waals surface area (Å²) in [5.41, 5.74) is 8.79. The summed E-state index contributed by atoms with van der Waals surface area (Å²) in [7, 11) is 0. The third-order valence-electron chi connectivity index (χ3n) is 4.94. The first-order valence-electron chi connectivity index (χ1n) is 8.14. The van der Waals surface area contributed by atoms with Crippen molar-refractivity contribution < 1.29 is 0 Å². The summed E-state index contributed by atoms with van der Waals surface area (Å²) in [5, 5.41) is 6.13. The lowest BCUT2D eigenvalue weighted by Crippen LogP contribution is -2.33. The maximum absolute atomic E-state index is 6.20. The van der Waals surface area contributed by atoms with Gasteiger partial charge in [-0.1, -0.05) is 50.5 Å². The molecular formula is C19H26N2. The van der Waals surface area contributed by atoms with E-state index in [1.165, 1.54) is 48.4 Å². The molecule has 112 valence electrons. The van der Waals surface area contributed by atoms with Gasteiger partial charge in [-0.3, -0.25) is 0 Å². The third kappa shape index (κ3) is 3.38. The molecule has 0 bridgehead atoms. The number of rotatable bonds is 4. The van der Waals surface area contributed by atoms with Crippen molar-refractivity contribution in [2.24, 2.45) is 5.41 Å². The molecule has 0 amide bonds. The summed E-state index contributed by atoms with van der Waals surface area (Å²) in [6.45, 7) is 4.38. The number of nitrogens with one attached hydrogen (secondary N) is 1. The van der Waals surface area contributed by atoms with Crippen molar-refractivity contribution >= 4 is 16.5 Å². The maximum Gasteiger partial charge on any atom is 0.0366 e. The molecule has 21 heavy (non-hydrogen) atoms. The number of anilines is 1. The Hall–Kier alpha value is -1.54. The highest BCUT2D eigenvalue weighted by atomic mass is 14.9. The average molecular weight is 282 g/mol. The molecule has 0 saturated heterocycles. The summed E-state index contributed by atoms with van der Waals surface area (Å²) in [4.78, 5) is 0. The van der Waals surface area contributed by atoms with Crippen LogP contribution in [0.25, 0.3) is 10.8 Å². The molecular weight excluding hydrogens is 256 g/mol. The van der Waals surface area contributed by atoms with E-state index in [4.69, 9.17) is 5.73 Å². The van der Waals surface area contributed by atoms with E-state index >= 15 is 0 Å². The normalized spacial score (nSPS) is 18.0. The second-order valence-electron chi connectivity index (χ2n) is 6.87. The predicted octanol–water partition coefficient (Wildman–Crippen LogP) is 4.48. The number of nitrogens with two attached hydrogens (primary N) is 1. The van der Waals surface area contributed by atoms with Crippen LogP contribution in [0.3, 0.4) is 0 Å². The second-order valence-corrected chi connectivity index (χ2v) is 6.87. The molecule has 0 atom stereocenters. The fraction of sp³-hybridized carbons (Fsp3) is 0.474. The second kappa shape index (κ2) is 6.07. The molecule has 2 aromatic rings. The van der Waals surface area contributed by atoms with Gasteiger partial charge >= 0.3 is 0 Å². The molecule has 2 aromatic carbocycles. The standard InChI is InChI=1S/C19H26N2/c1-19(9-5-2-6-10-19)14-21-13-17-11-15-7-3-4-8-16(15)12-18(17)20/h3-4,7-8,11-12,21H,2,5-6,9-10,13-14,20H2,1H3. The van der Waals surface area contributed by atoms with E-state index in [1.54, 1.807) is 0 Å². The molecule has 0 unspecified atom stereocenters. The van der Waals surface area contributed by atoms with E-state index in [2.05, 4.69) is 48.6 Å². The Balaban J connectivity index is 1.66. The van der Waals surface area contributed by atoms with Gasteiger partial charge in [0.05, 0.1) is 0 Å². The minimum Gasteiger partial charge on any atom is -0.398 e. The first-order valence-corrected chi connectivity index (χ1v) is 8.14. The third-order valence-corrected chi connectivity index (χ3v) is 4.94.